The van der Waals surface area contributed by atoms with E-state index in [-0.39, 0.29) is 12.0 Å². The van der Waals surface area contributed by atoms with Crippen LogP contribution in [0.25, 0.3) is 10.9 Å². The summed E-state index contributed by atoms with van der Waals surface area (Å²) in [4.78, 5) is 11.2. The molecule has 22 heavy (non-hydrogen) atoms. The molecule has 118 valence electrons. The van der Waals surface area contributed by atoms with Gasteiger partial charge in [0.2, 0.25) is 0 Å². The van der Waals surface area contributed by atoms with Crippen LogP contribution in [0, 0.1) is 0 Å². The SMILES string of the molecule is CC(=O)CCc1c(Cl)cc2c(cnn2C2CCCCO2)c1Br. The Hall–Kier alpha value is -0.910. The van der Waals surface area contributed by atoms with E-state index in [1.54, 1.807) is 6.92 Å². The highest BCUT2D eigenvalue weighted by atomic mass is 79.9. The van der Waals surface area contributed by atoms with Crippen molar-refractivity contribution in [2.45, 2.75) is 45.3 Å². The van der Waals surface area contributed by atoms with Crippen LogP contribution in [0.4, 0.5) is 0 Å². The highest BCUT2D eigenvalue weighted by Gasteiger charge is 2.21. The summed E-state index contributed by atoms with van der Waals surface area (Å²) in [5, 5.41) is 6.17. The molecule has 1 aromatic heterocycles. The number of benzene rings is 1. The maximum atomic E-state index is 11.2. The zero-order valence-corrected chi connectivity index (χ0v) is 14.8. The van der Waals surface area contributed by atoms with Crippen molar-refractivity contribution in [3.8, 4) is 0 Å². The van der Waals surface area contributed by atoms with E-state index in [1.807, 2.05) is 16.9 Å². The first-order valence-corrected chi connectivity index (χ1v) is 8.70. The van der Waals surface area contributed by atoms with Crippen molar-refractivity contribution in [1.29, 1.82) is 0 Å². The van der Waals surface area contributed by atoms with E-state index in [1.165, 1.54) is 0 Å². The lowest BCUT2D eigenvalue weighted by molar-refractivity contribution is -0.116. The molecule has 1 aliphatic heterocycles. The molecule has 2 aromatic rings. The summed E-state index contributed by atoms with van der Waals surface area (Å²) in [6.07, 6.45) is 6.17. The molecule has 1 atom stereocenters. The average Bonchev–Trinajstić information content (AvgIpc) is 2.91. The Morgan fingerprint density at radius 1 is 1.55 bits per heavy atom. The highest BCUT2D eigenvalue weighted by molar-refractivity contribution is 9.10. The number of ether oxygens (including phenoxy) is 1. The number of aromatic nitrogens is 2. The third kappa shape index (κ3) is 3.07. The van der Waals surface area contributed by atoms with Crippen LogP contribution < -0.4 is 0 Å². The van der Waals surface area contributed by atoms with Gasteiger partial charge in [-0.25, -0.2) is 4.68 Å². The molecule has 0 radical (unpaired) electrons. The van der Waals surface area contributed by atoms with Gasteiger partial charge in [0.15, 0.2) is 6.23 Å². The Morgan fingerprint density at radius 2 is 2.36 bits per heavy atom. The van der Waals surface area contributed by atoms with Crippen molar-refractivity contribution >= 4 is 44.2 Å². The molecule has 3 rings (SSSR count). The number of Topliss-reactive ketones (excluding diaryl/α,β-unsaturated/α-hetero) is 1. The predicted octanol–water partition coefficient (Wildman–Crippen LogP) is 4.67. The van der Waals surface area contributed by atoms with Crippen molar-refractivity contribution in [3.63, 3.8) is 0 Å². The Kier molecular flexibility index (Phi) is 4.85. The molecule has 2 heterocycles. The summed E-state index contributed by atoms with van der Waals surface area (Å²) < 4.78 is 8.66. The third-order valence-corrected chi connectivity index (χ3v) is 5.29. The molecule has 6 heteroatoms. The molecule has 1 aromatic carbocycles. The molecule has 0 N–H and O–H groups in total. The zero-order chi connectivity index (χ0) is 15.7. The number of ketones is 1. The minimum Gasteiger partial charge on any atom is -0.356 e. The highest BCUT2D eigenvalue weighted by Crippen LogP contribution is 2.36. The number of hydrogen-bond donors (Lipinski definition) is 0. The summed E-state index contributed by atoms with van der Waals surface area (Å²) in [5.41, 5.74) is 1.93. The van der Waals surface area contributed by atoms with Gasteiger partial charge in [-0.2, -0.15) is 5.10 Å². The van der Waals surface area contributed by atoms with E-state index < -0.39 is 0 Å². The van der Waals surface area contributed by atoms with Crippen molar-refractivity contribution in [1.82, 2.24) is 9.78 Å². The lowest BCUT2D eigenvalue weighted by Gasteiger charge is -2.23. The number of nitrogens with zero attached hydrogens (tertiary/aromatic N) is 2. The van der Waals surface area contributed by atoms with Gasteiger partial charge in [-0.1, -0.05) is 11.6 Å². The van der Waals surface area contributed by atoms with Crippen molar-refractivity contribution in [2.75, 3.05) is 6.61 Å². The third-order valence-electron chi connectivity index (χ3n) is 4.04. The molecule has 0 bridgehead atoms. The van der Waals surface area contributed by atoms with Crippen molar-refractivity contribution in [2.24, 2.45) is 0 Å². The lowest BCUT2D eigenvalue weighted by Crippen LogP contribution is -2.19. The second kappa shape index (κ2) is 6.69. The fourth-order valence-electron chi connectivity index (χ4n) is 2.84. The van der Waals surface area contributed by atoms with Crippen LogP contribution in [-0.4, -0.2) is 22.2 Å². The number of carbonyl (C=O) groups excluding carboxylic acids is 1. The van der Waals surface area contributed by atoms with Crippen LogP contribution in [0.15, 0.2) is 16.7 Å². The number of fused-ring (bicyclic) bond motifs is 1. The molecule has 1 saturated heterocycles. The van der Waals surface area contributed by atoms with Crippen LogP contribution in [-0.2, 0) is 16.0 Å². The molecule has 1 aliphatic rings. The van der Waals surface area contributed by atoms with Crippen LogP contribution in [0.2, 0.25) is 5.02 Å². The molecule has 0 aliphatic carbocycles. The quantitative estimate of drug-likeness (QED) is 0.768. The molecular weight excluding hydrogens is 368 g/mol. The second-order valence-electron chi connectivity index (χ2n) is 5.70. The molecule has 0 saturated carbocycles. The van der Waals surface area contributed by atoms with Gasteiger partial charge in [-0.05, 0) is 60.2 Å². The molecule has 0 spiro atoms. The van der Waals surface area contributed by atoms with Crippen LogP contribution in [0.1, 0.15) is 44.4 Å². The second-order valence-corrected chi connectivity index (χ2v) is 6.90. The van der Waals surface area contributed by atoms with Gasteiger partial charge < -0.3 is 9.53 Å². The average molecular weight is 386 g/mol. The fourth-order valence-corrected chi connectivity index (χ4v) is 3.96. The van der Waals surface area contributed by atoms with E-state index in [4.69, 9.17) is 16.3 Å². The predicted molar refractivity (Wildman–Crippen MR) is 90.3 cm³/mol. The van der Waals surface area contributed by atoms with Crippen LogP contribution in [0.5, 0.6) is 0 Å². The van der Waals surface area contributed by atoms with Crippen molar-refractivity contribution < 1.29 is 9.53 Å². The number of carbonyl (C=O) groups is 1. The normalized spacial score (nSPS) is 18.8. The van der Waals surface area contributed by atoms with Gasteiger partial charge >= 0.3 is 0 Å². The largest absolute Gasteiger partial charge is 0.356 e. The minimum absolute atomic E-state index is 0.0164. The summed E-state index contributed by atoms with van der Waals surface area (Å²) in [6.45, 7) is 2.37. The van der Waals surface area contributed by atoms with Gasteiger partial charge in [0.05, 0.1) is 11.7 Å². The van der Waals surface area contributed by atoms with Gasteiger partial charge in [-0.3, -0.25) is 0 Å². The van der Waals surface area contributed by atoms with E-state index in [9.17, 15) is 4.79 Å². The zero-order valence-electron chi connectivity index (χ0n) is 12.4. The lowest BCUT2D eigenvalue weighted by atomic mass is 10.1. The standard InChI is InChI=1S/C16H18BrClN2O2/c1-10(21)5-6-11-13(18)8-14-12(16(11)17)9-19-20(14)15-4-2-3-7-22-15/h8-9,15H,2-7H2,1H3. The maximum Gasteiger partial charge on any atom is 0.150 e. The first-order chi connectivity index (χ1) is 10.6. The van der Waals surface area contributed by atoms with E-state index in [0.717, 1.165) is 46.8 Å². The van der Waals surface area contributed by atoms with Gasteiger partial charge in [0.1, 0.15) is 5.78 Å². The summed E-state index contributed by atoms with van der Waals surface area (Å²) in [5.74, 6) is 0.161. The maximum absolute atomic E-state index is 11.2. The Balaban J connectivity index is 2.00. The molecule has 1 unspecified atom stereocenters. The first kappa shape index (κ1) is 16.0. The van der Waals surface area contributed by atoms with Gasteiger partial charge in [0, 0.05) is 27.9 Å². The molecule has 4 nitrogen and oxygen atoms in total. The summed E-state index contributed by atoms with van der Waals surface area (Å²) in [7, 11) is 0. The van der Waals surface area contributed by atoms with E-state index in [0.29, 0.717) is 17.9 Å². The van der Waals surface area contributed by atoms with Gasteiger partial charge in [0.25, 0.3) is 0 Å². The number of hydrogen-bond acceptors (Lipinski definition) is 3. The Bertz CT molecular complexity index is 708. The molecule has 0 amide bonds. The molecule has 1 fully saturated rings. The fraction of sp³-hybridized carbons (Fsp3) is 0.500. The Labute approximate surface area is 142 Å². The number of rotatable bonds is 4. The Morgan fingerprint density at radius 3 is 3.05 bits per heavy atom. The monoisotopic (exact) mass is 384 g/mol. The molecular formula is C16H18BrClN2O2. The smallest absolute Gasteiger partial charge is 0.150 e. The minimum atomic E-state index is -0.0164. The summed E-state index contributed by atoms with van der Waals surface area (Å²) in [6, 6.07) is 1.93. The topological polar surface area (TPSA) is 44.1 Å². The van der Waals surface area contributed by atoms with Crippen LogP contribution in [0.3, 0.4) is 0 Å². The van der Waals surface area contributed by atoms with E-state index >= 15 is 0 Å². The van der Waals surface area contributed by atoms with Crippen molar-refractivity contribution in [3.05, 3.63) is 27.3 Å². The van der Waals surface area contributed by atoms with Crippen LogP contribution >= 0.6 is 27.5 Å². The number of halogens is 2. The summed E-state index contributed by atoms with van der Waals surface area (Å²) >= 11 is 10.1. The first-order valence-electron chi connectivity index (χ1n) is 7.53. The van der Waals surface area contributed by atoms with E-state index in [2.05, 4.69) is 21.0 Å². The van der Waals surface area contributed by atoms with Gasteiger partial charge in [-0.15, -0.1) is 0 Å².